The van der Waals surface area contributed by atoms with Gasteiger partial charge in [0.25, 0.3) is 0 Å². The summed E-state index contributed by atoms with van der Waals surface area (Å²) in [6.45, 7) is 4.38. The minimum Gasteiger partial charge on any atom is -0.452 e. The number of anilines is 1. The first-order valence-electron chi connectivity index (χ1n) is 11.4. The summed E-state index contributed by atoms with van der Waals surface area (Å²) in [7, 11) is 0. The summed E-state index contributed by atoms with van der Waals surface area (Å²) in [4.78, 5) is 14.7. The number of allylic oxidation sites excluding steroid dienone is 1. The zero-order chi connectivity index (χ0) is 22.6. The van der Waals surface area contributed by atoms with Crippen LogP contribution in [-0.2, 0) is 4.79 Å². The van der Waals surface area contributed by atoms with E-state index in [1.54, 1.807) is 11.8 Å². The van der Waals surface area contributed by atoms with Crippen LogP contribution < -0.4 is 5.32 Å². The summed E-state index contributed by atoms with van der Waals surface area (Å²) in [6.07, 6.45) is 1.43. The van der Waals surface area contributed by atoms with Crippen LogP contribution in [-0.4, -0.2) is 5.78 Å². The van der Waals surface area contributed by atoms with Crippen LogP contribution in [0.3, 0.4) is 0 Å². The first-order valence-corrected chi connectivity index (χ1v) is 12.2. The Morgan fingerprint density at radius 1 is 0.909 bits per heavy atom. The van der Waals surface area contributed by atoms with E-state index >= 15 is 0 Å². The van der Waals surface area contributed by atoms with Gasteiger partial charge in [-0.25, -0.2) is 0 Å². The highest BCUT2D eigenvalue weighted by molar-refractivity contribution is 7.99. The molecule has 0 amide bonds. The molecule has 0 radical (unpaired) electrons. The Kier molecular flexibility index (Phi) is 4.73. The zero-order valence-corrected chi connectivity index (χ0v) is 19.5. The minimum atomic E-state index is -0.276. The topological polar surface area (TPSA) is 42.2 Å². The Hall–Kier alpha value is -3.24. The maximum atomic E-state index is 13.5. The number of carbonyl (C=O) groups excluding carboxylic acids is 1. The van der Waals surface area contributed by atoms with Crippen LogP contribution in [0.1, 0.15) is 44.1 Å². The molecule has 2 heterocycles. The van der Waals surface area contributed by atoms with Crippen LogP contribution in [0.2, 0.25) is 0 Å². The third-order valence-electron chi connectivity index (χ3n) is 6.59. The van der Waals surface area contributed by atoms with Gasteiger partial charge in [-0.3, -0.25) is 4.79 Å². The molecule has 0 fully saturated rings. The third kappa shape index (κ3) is 3.59. The Morgan fingerprint density at radius 2 is 1.70 bits per heavy atom. The number of ketones is 1. The van der Waals surface area contributed by atoms with Gasteiger partial charge in [0.15, 0.2) is 10.9 Å². The summed E-state index contributed by atoms with van der Waals surface area (Å²) in [5, 5.41) is 6.87. The molecule has 0 bridgehead atoms. The second-order valence-corrected chi connectivity index (χ2v) is 10.8. The molecule has 164 valence electrons. The van der Waals surface area contributed by atoms with Gasteiger partial charge >= 0.3 is 0 Å². The Morgan fingerprint density at radius 3 is 2.55 bits per heavy atom. The summed E-state index contributed by atoms with van der Waals surface area (Å²) in [5.41, 5.74) is 4.20. The van der Waals surface area contributed by atoms with Gasteiger partial charge in [0, 0.05) is 28.1 Å². The Labute approximate surface area is 197 Å². The Bertz CT molecular complexity index is 1410. The molecule has 0 spiro atoms. The average Bonchev–Trinajstić information content (AvgIpc) is 3.26. The van der Waals surface area contributed by atoms with Crippen LogP contribution in [0, 0.1) is 5.41 Å². The highest BCUT2D eigenvalue weighted by Gasteiger charge is 2.41. The van der Waals surface area contributed by atoms with Crippen molar-refractivity contribution < 1.29 is 9.21 Å². The van der Waals surface area contributed by atoms with Crippen molar-refractivity contribution >= 4 is 39.6 Å². The van der Waals surface area contributed by atoms with Gasteiger partial charge in [-0.15, -0.1) is 0 Å². The van der Waals surface area contributed by atoms with Crippen molar-refractivity contribution in [1.29, 1.82) is 0 Å². The van der Waals surface area contributed by atoms with Crippen LogP contribution in [0.5, 0.6) is 0 Å². The molecule has 1 aliphatic heterocycles. The van der Waals surface area contributed by atoms with Gasteiger partial charge in [-0.05, 0) is 58.5 Å². The van der Waals surface area contributed by atoms with E-state index in [9.17, 15) is 4.79 Å². The molecule has 3 aromatic carbocycles. The number of hydrogen-bond donors (Lipinski definition) is 1. The molecule has 4 heteroatoms. The van der Waals surface area contributed by atoms with Crippen molar-refractivity contribution in [2.75, 3.05) is 5.32 Å². The van der Waals surface area contributed by atoms with Crippen molar-refractivity contribution in [3.05, 3.63) is 95.8 Å². The molecule has 1 atom stereocenters. The molecule has 33 heavy (non-hydrogen) atoms. The molecule has 0 saturated carbocycles. The highest BCUT2D eigenvalue weighted by atomic mass is 32.2. The summed E-state index contributed by atoms with van der Waals surface area (Å²) < 4.78 is 6.29. The fraction of sp³-hybridized carbons (Fsp3) is 0.207. The third-order valence-corrected chi connectivity index (χ3v) is 7.52. The SMILES string of the molecule is CC1(C)CC(=O)C2=C(C1)c1c(ccc3ccccc13)NC2c1ccc(Sc2ccccc2)o1. The standard InChI is InChI=1S/C29H25NO2S/c1-29(2)16-21-26-20-11-7-6-8-18(20)12-13-22(26)30-28(27(21)23(31)17-29)24-14-15-25(32-24)33-19-9-4-3-5-10-19/h3-15,28,30H,16-17H2,1-2H3. The molecule has 1 unspecified atom stereocenters. The van der Waals surface area contributed by atoms with Gasteiger partial charge in [0.05, 0.1) is 0 Å². The maximum Gasteiger partial charge on any atom is 0.165 e. The van der Waals surface area contributed by atoms with Crippen molar-refractivity contribution in [2.45, 2.75) is 42.7 Å². The molecule has 3 nitrogen and oxygen atoms in total. The van der Waals surface area contributed by atoms with Crippen molar-refractivity contribution in [3.8, 4) is 0 Å². The molecule has 1 aromatic heterocycles. The summed E-state index contributed by atoms with van der Waals surface area (Å²) in [5.74, 6) is 0.999. The number of nitrogens with one attached hydrogen (secondary N) is 1. The van der Waals surface area contributed by atoms with E-state index < -0.39 is 0 Å². The van der Waals surface area contributed by atoms with Crippen LogP contribution in [0.15, 0.2) is 98.8 Å². The van der Waals surface area contributed by atoms with E-state index in [1.165, 1.54) is 21.9 Å². The van der Waals surface area contributed by atoms with Gasteiger partial charge < -0.3 is 9.73 Å². The average molecular weight is 452 g/mol. The molecular formula is C29H25NO2S. The molecular weight excluding hydrogens is 426 g/mol. The lowest BCUT2D eigenvalue weighted by Gasteiger charge is -2.39. The lowest BCUT2D eigenvalue weighted by Crippen LogP contribution is -2.33. The fourth-order valence-electron chi connectivity index (χ4n) is 5.20. The first kappa shape index (κ1) is 20.4. The lowest BCUT2D eigenvalue weighted by molar-refractivity contribution is -0.118. The fourth-order valence-corrected chi connectivity index (χ4v) is 6.00. The predicted octanol–water partition coefficient (Wildman–Crippen LogP) is 7.89. The van der Waals surface area contributed by atoms with Crippen molar-refractivity contribution in [2.24, 2.45) is 5.41 Å². The van der Waals surface area contributed by atoms with E-state index in [1.807, 2.05) is 30.3 Å². The number of rotatable bonds is 3. The van der Waals surface area contributed by atoms with E-state index in [0.717, 1.165) is 33.4 Å². The number of hydrogen-bond acceptors (Lipinski definition) is 4. The number of furan rings is 1. The monoisotopic (exact) mass is 451 g/mol. The van der Waals surface area contributed by atoms with Crippen LogP contribution in [0.25, 0.3) is 16.3 Å². The first-order chi connectivity index (χ1) is 16.0. The maximum absolute atomic E-state index is 13.5. The van der Waals surface area contributed by atoms with E-state index in [4.69, 9.17) is 4.42 Å². The quantitative estimate of drug-likeness (QED) is 0.344. The number of benzene rings is 3. The minimum absolute atomic E-state index is 0.0660. The molecule has 0 saturated heterocycles. The molecule has 6 rings (SSSR count). The molecule has 1 N–H and O–H groups in total. The lowest BCUT2D eigenvalue weighted by atomic mass is 9.68. The second-order valence-electron chi connectivity index (χ2n) is 9.69. The number of fused-ring (bicyclic) bond motifs is 4. The highest BCUT2D eigenvalue weighted by Crippen LogP contribution is 2.52. The zero-order valence-electron chi connectivity index (χ0n) is 18.7. The van der Waals surface area contributed by atoms with Gasteiger partial charge in [0.2, 0.25) is 0 Å². The van der Waals surface area contributed by atoms with E-state index in [-0.39, 0.29) is 17.2 Å². The second kappa shape index (κ2) is 7.67. The molecule has 1 aliphatic carbocycles. The molecule has 2 aliphatic rings. The van der Waals surface area contributed by atoms with E-state index in [2.05, 4.69) is 67.7 Å². The van der Waals surface area contributed by atoms with Gasteiger partial charge in [-0.2, -0.15) is 0 Å². The van der Waals surface area contributed by atoms with E-state index in [0.29, 0.717) is 6.42 Å². The summed E-state index contributed by atoms with van der Waals surface area (Å²) in [6, 6.07) is 26.7. The Balaban J connectivity index is 1.48. The normalized spacial score (nSPS) is 19.2. The van der Waals surface area contributed by atoms with Gasteiger partial charge in [-0.1, -0.05) is 74.1 Å². The number of carbonyl (C=O) groups is 1. The number of Topliss-reactive ketones (excluding diaryl/α,β-unsaturated/α-hetero) is 1. The molecule has 4 aromatic rings. The largest absolute Gasteiger partial charge is 0.452 e. The smallest absolute Gasteiger partial charge is 0.165 e. The predicted molar refractivity (Wildman–Crippen MR) is 135 cm³/mol. The van der Waals surface area contributed by atoms with Crippen LogP contribution in [0.4, 0.5) is 5.69 Å². The van der Waals surface area contributed by atoms with Crippen LogP contribution >= 0.6 is 11.8 Å². The van der Waals surface area contributed by atoms with Crippen molar-refractivity contribution in [3.63, 3.8) is 0 Å². The van der Waals surface area contributed by atoms with Crippen molar-refractivity contribution in [1.82, 2.24) is 0 Å². The summed E-state index contributed by atoms with van der Waals surface area (Å²) >= 11 is 1.59. The van der Waals surface area contributed by atoms with Gasteiger partial charge in [0.1, 0.15) is 11.8 Å².